The van der Waals surface area contributed by atoms with Crippen molar-refractivity contribution in [1.29, 1.82) is 0 Å². The van der Waals surface area contributed by atoms with Crippen LogP contribution in [0.3, 0.4) is 0 Å². The number of hydrogen-bond acceptors (Lipinski definition) is 6. The number of rotatable bonds is 5. The van der Waals surface area contributed by atoms with Crippen molar-refractivity contribution in [3.8, 4) is 11.1 Å². The van der Waals surface area contributed by atoms with Gasteiger partial charge in [-0.15, -0.1) is 11.3 Å². The van der Waals surface area contributed by atoms with Crippen LogP contribution >= 0.6 is 22.9 Å². The number of benzene rings is 1. The van der Waals surface area contributed by atoms with Gasteiger partial charge in [-0.2, -0.15) is 13.2 Å². The second-order valence-corrected chi connectivity index (χ2v) is 13.0. The molecule has 0 aliphatic carbocycles. The zero-order valence-corrected chi connectivity index (χ0v) is 24.2. The standard InChI is InChI=1S/C29H29ClF3N5O2S/c1-28(2)13-19(14-35-28)37-8-3-4-17-10-18(30)11-22(25(17)37)21-5-7-34-23-12-20(41-26(21)23)15-38-24(39)6-9-36(27(38)40)16-29(31,32)33/h5-7,9-12,19,35H,3-4,8,13-16H2,1-2H3/t19-/m1/s1. The summed E-state index contributed by atoms with van der Waals surface area (Å²) < 4.78 is 41.1. The zero-order valence-electron chi connectivity index (χ0n) is 22.6. The smallest absolute Gasteiger partial charge is 0.366 e. The third-order valence-corrected chi connectivity index (χ3v) is 9.21. The Kier molecular flexibility index (Phi) is 7.02. The van der Waals surface area contributed by atoms with Crippen molar-refractivity contribution in [2.24, 2.45) is 0 Å². The highest BCUT2D eigenvalue weighted by Crippen LogP contribution is 2.45. The van der Waals surface area contributed by atoms with Gasteiger partial charge >= 0.3 is 11.9 Å². The summed E-state index contributed by atoms with van der Waals surface area (Å²) in [5.41, 5.74) is 3.38. The van der Waals surface area contributed by atoms with Gasteiger partial charge in [-0.05, 0) is 62.9 Å². The Morgan fingerprint density at radius 1 is 1.17 bits per heavy atom. The molecule has 41 heavy (non-hydrogen) atoms. The minimum Gasteiger partial charge on any atom is -0.366 e. The molecule has 6 rings (SSSR count). The van der Waals surface area contributed by atoms with Gasteiger partial charge in [-0.3, -0.25) is 18.9 Å². The summed E-state index contributed by atoms with van der Waals surface area (Å²) in [6.45, 7) is 4.65. The topological polar surface area (TPSA) is 72.2 Å². The normalized spacial score (nSPS) is 18.7. The lowest BCUT2D eigenvalue weighted by Crippen LogP contribution is -2.41. The van der Waals surface area contributed by atoms with Crippen LogP contribution in [0, 0.1) is 0 Å². The molecule has 3 aromatic heterocycles. The van der Waals surface area contributed by atoms with Crippen LogP contribution in [-0.2, 0) is 19.5 Å². The van der Waals surface area contributed by atoms with Crippen LogP contribution in [0.15, 0.2) is 52.3 Å². The molecule has 1 atom stereocenters. The van der Waals surface area contributed by atoms with Gasteiger partial charge in [0.1, 0.15) is 6.54 Å². The first-order valence-electron chi connectivity index (χ1n) is 13.5. The fourth-order valence-corrected chi connectivity index (χ4v) is 7.48. The number of nitrogens with zero attached hydrogens (tertiary/aromatic N) is 4. The van der Waals surface area contributed by atoms with Gasteiger partial charge in [-0.1, -0.05) is 11.6 Å². The van der Waals surface area contributed by atoms with Crippen molar-refractivity contribution in [1.82, 2.24) is 19.4 Å². The molecular formula is C29H29ClF3N5O2S. The minimum atomic E-state index is -4.59. The third kappa shape index (κ3) is 5.54. The number of thiophene rings is 1. The third-order valence-electron chi connectivity index (χ3n) is 7.85. The van der Waals surface area contributed by atoms with E-state index in [1.165, 1.54) is 22.6 Å². The summed E-state index contributed by atoms with van der Waals surface area (Å²) in [4.78, 5) is 32.9. The molecule has 7 nitrogen and oxygen atoms in total. The minimum absolute atomic E-state index is 0.0512. The molecule has 1 N–H and O–H groups in total. The number of aromatic nitrogens is 3. The average molecular weight is 604 g/mol. The summed E-state index contributed by atoms with van der Waals surface area (Å²) in [5, 5.41) is 4.28. The van der Waals surface area contributed by atoms with Crippen LogP contribution in [0.4, 0.5) is 18.9 Å². The van der Waals surface area contributed by atoms with Crippen molar-refractivity contribution in [2.75, 3.05) is 18.0 Å². The summed E-state index contributed by atoms with van der Waals surface area (Å²) in [7, 11) is 0. The number of anilines is 1. The van der Waals surface area contributed by atoms with Gasteiger partial charge in [-0.25, -0.2) is 4.79 Å². The van der Waals surface area contributed by atoms with E-state index in [9.17, 15) is 22.8 Å². The molecule has 5 heterocycles. The molecular weight excluding hydrogens is 575 g/mol. The maximum atomic E-state index is 13.0. The molecule has 2 aliphatic heterocycles. The van der Waals surface area contributed by atoms with Crippen molar-refractivity contribution < 1.29 is 13.2 Å². The first-order chi connectivity index (χ1) is 19.4. The summed E-state index contributed by atoms with van der Waals surface area (Å²) in [6, 6.07) is 9.09. The second-order valence-electron chi connectivity index (χ2n) is 11.4. The van der Waals surface area contributed by atoms with E-state index in [-0.39, 0.29) is 12.1 Å². The van der Waals surface area contributed by atoms with E-state index in [1.807, 2.05) is 18.2 Å². The van der Waals surface area contributed by atoms with Gasteiger partial charge in [0.15, 0.2) is 0 Å². The molecule has 0 saturated carbocycles. The molecule has 216 valence electrons. The predicted molar refractivity (Wildman–Crippen MR) is 156 cm³/mol. The Morgan fingerprint density at radius 3 is 2.71 bits per heavy atom. The number of alkyl halides is 3. The Bertz CT molecular complexity index is 1760. The average Bonchev–Trinajstić information content (AvgIpc) is 3.48. The molecule has 0 spiro atoms. The monoisotopic (exact) mass is 603 g/mol. The van der Waals surface area contributed by atoms with Crippen molar-refractivity contribution in [2.45, 2.75) is 64.0 Å². The first-order valence-corrected chi connectivity index (χ1v) is 14.7. The van der Waals surface area contributed by atoms with E-state index in [2.05, 4.69) is 29.0 Å². The first kappa shape index (κ1) is 28.0. The number of aryl methyl sites for hydroxylation is 1. The molecule has 0 radical (unpaired) electrons. The van der Waals surface area contributed by atoms with Gasteiger partial charge in [0.05, 0.1) is 16.8 Å². The van der Waals surface area contributed by atoms with E-state index in [1.54, 1.807) is 12.3 Å². The highest BCUT2D eigenvalue weighted by atomic mass is 35.5. The summed E-state index contributed by atoms with van der Waals surface area (Å²) >= 11 is 8.02. The Labute approximate surface area is 243 Å². The number of hydrogen-bond donors (Lipinski definition) is 1. The SMILES string of the molecule is CC1(C)C[C@@H](N2CCCc3cc(Cl)cc(-c4ccnc5cc(Cn6c(=O)ccn(CC(F)(F)F)c6=O)sc45)c32)CN1. The van der Waals surface area contributed by atoms with Gasteiger partial charge in [0, 0.05) is 69.8 Å². The fourth-order valence-electron chi connectivity index (χ4n) is 6.10. The van der Waals surface area contributed by atoms with Gasteiger partial charge in [0.2, 0.25) is 0 Å². The molecule has 0 amide bonds. The Morgan fingerprint density at radius 2 is 1.98 bits per heavy atom. The van der Waals surface area contributed by atoms with Crippen LogP contribution in [-0.4, -0.2) is 45.0 Å². The van der Waals surface area contributed by atoms with Gasteiger partial charge in [0.25, 0.3) is 5.56 Å². The maximum Gasteiger partial charge on any atom is 0.406 e. The summed E-state index contributed by atoms with van der Waals surface area (Å²) in [5.74, 6) is 0. The van der Waals surface area contributed by atoms with E-state index in [0.29, 0.717) is 26.0 Å². The van der Waals surface area contributed by atoms with Crippen molar-refractivity contribution in [3.05, 3.63) is 79.0 Å². The molecule has 0 unspecified atom stereocenters. The second kappa shape index (κ2) is 10.3. The summed E-state index contributed by atoms with van der Waals surface area (Å²) in [6.07, 6.45) is 0.996. The molecule has 2 aliphatic rings. The van der Waals surface area contributed by atoms with Gasteiger partial charge < -0.3 is 10.2 Å². The number of nitrogens with one attached hydrogen (secondary N) is 1. The fraction of sp³-hybridized carbons (Fsp3) is 0.414. The molecule has 1 fully saturated rings. The van der Waals surface area contributed by atoms with Crippen molar-refractivity contribution >= 4 is 38.8 Å². The van der Waals surface area contributed by atoms with Crippen LogP contribution in [0.25, 0.3) is 21.3 Å². The number of pyridine rings is 1. The van der Waals surface area contributed by atoms with E-state index >= 15 is 0 Å². The zero-order chi connectivity index (χ0) is 29.1. The predicted octanol–water partition coefficient (Wildman–Crippen LogP) is 5.44. The number of halogens is 4. The lowest BCUT2D eigenvalue weighted by Gasteiger charge is -2.38. The molecule has 12 heteroatoms. The van der Waals surface area contributed by atoms with Crippen LogP contribution in [0.2, 0.25) is 5.02 Å². The molecule has 1 aromatic carbocycles. The Balaban J connectivity index is 1.43. The highest BCUT2D eigenvalue weighted by molar-refractivity contribution is 7.19. The molecule has 1 saturated heterocycles. The number of fused-ring (bicyclic) bond motifs is 2. The highest BCUT2D eigenvalue weighted by Gasteiger charge is 2.37. The largest absolute Gasteiger partial charge is 0.406 e. The van der Waals surface area contributed by atoms with E-state index in [0.717, 1.165) is 65.0 Å². The molecule has 0 bridgehead atoms. The molecule has 4 aromatic rings. The van der Waals surface area contributed by atoms with E-state index in [4.69, 9.17) is 11.6 Å². The van der Waals surface area contributed by atoms with Crippen molar-refractivity contribution in [3.63, 3.8) is 0 Å². The lowest BCUT2D eigenvalue weighted by molar-refractivity contribution is -0.141. The lowest BCUT2D eigenvalue weighted by atomic mass is 9.91. The quantitative estimate of drug-likeness (QED) is 0.329. The maximum absolute atomic E-state index is 13.0. The van der Waals surface area contributed by atoms with Crippen LogP contribution in [0.5, 0.6) is 0 Å². The van der Waals surface area contributed by atoms with Crippen LogP contribution < -0.4 is 21.5 Å². The van der Waals surface area contributed by atoms with E-state index < -0.39 is 24.0 Å². The van der Waals surface area contributed by atoms with Crippen LogP contribution in [0.1, 0.15) is 37.1 Å². The Hall–Kier alpha value is -3.15.